The highest BCUT2D eigenvalue weighted by Gasteiger charge is 2.18. The molecule has 0 bridgehead atoms. The van der Waals surface area contributed by atoms with Gasteiger partial charge in [-0.05, 0) is 50.6 Å². The molecule has 0 spiro atoms. The van der Waals surface area contributed by atoms with Crippen molar-refractivity contribution in [3.63, 3.8) is 0 Å². The summed E-state index contributed by atoms with van der Waals surface area (Å²) in [6.45, 7) is 5.31. The Morgan fingerprint density at radius 3 is 1.92 bits per heavy atom. The fourth-order valence-corrected chi connectivity index (χ4v) is 3.73. The molecule has 3 rings (SSSR count). The maximum atomic E-state index is 12.9. The lowest BCUT2D eigenvalue weighted by Crippen LogP contribution is -2.27. The lowest BCUT2D eigenvalue weighted by Gasteiger charge is -2.20. The molecule has 39 heavy (non-hydrogen) atoms. The van der Waals surface area contributed by atoms with Gasteiger partial charge in [0.25, 0.3) is 5.91 Å². The van der Waals surface area contributed by atoms with Gasteiger partial charge >= 0.3 is 6.09 Å². The number of nitrogens with one attached hydrogen (secondary N) is 3. The number of carbonyl (C=O) groups is 2. The van der Waals surface area contributed by atoms with Crippen LogP contribution in [-0.2, 0) is 11.2 Å². The molecule has 1 atom stereocenters. The fourth-order valence-electron chi connectivity index (χ4n) is 3.73. The lowest BCUT2D eigenvalue weighted by atomic mass is 10.1. The molecule has 3 aromatic carbocycles. The number of anilines is 3. The molecule has 3 aromatic rings. The summed E-state index contributed by atoms with van der Waals surface area (Å²) in [4.78, 5) is 25.1. The molecule has 0 radical (unpaired) electrons. The summed E-state index contributed by atoms with van der Waals surface area (Å²) >= 11 is 0. The Labute approximate surface area is 228 Å². The molecule has 0 saturated heterocycles. The first kappa shape index (κ1) is 29.1. The van der Waals surface area contributed by atoms with E-state index in [-0.39, 0.29) is 12.3 Å². The van der Waals surface area contributed by atoms with Gasteiger partial charge in [0, 0.05) is 29.8 Å². The molecule has 0 aliphatic rings. The molecule has 0 aliphatic carbocycles. The van der Waals surface area contributed by atoms with Crippen LogP contribution in [0.1, 0.15) is 36.7 Å². The number of rotatable bonds is 10. The summed E-state index contributed by atoms with van der Waals surface area (Å²) in [7, 11) is 4.56. The first-order valence-corrected chi connectivity index (χ1v) is 12.3. The zero-order valence-electron chi connectivity index (χ0n) is 23.0. The number of hydrogen-bond donors (Lipinski definition) is 4. The van der Waals surface area contributed by atoms with Crippen molar-refractivity contribution >= 4 is 29.1 Å². The SMILES string of the molecule is COc1cc(NC(O)Cc2ccc(C(=O)Nc3ccccc3NC(=O)OC(C)(C)C)cc2)cc(OC)c1OC. The Morgan fingerprint density at radius 2 is 1.41 bits per heavy atom. The zero-order valence-corrected chi connectivity index (χ0v) is 23.0. The van der Waals surface area contributed by atoms with Crippen molar-refractivity contribution in [2.45, 2.75) is 39.0 Å². The molecule has 0 heterocycles. The Hall–Kier alpha value is -4.44. The zero-order chi connectivity index (χ0) is 28.6. The van der Waals surface area contributed by atoms with E-state index >= 15 is 0 Å². The second-order valence-electron chi connectivity index (χ2n) is 9.60. The number of aliphatic hydroxyl groups excluding tert-OH is 1. The smallest absolute Gasteiger partial charge is 0.412 e. The van der Waals surface area contributed by atoms with Crippen molar-refractivity contribution in [1.29, 1.82) is 0 Å². The van der Waals surface area contributed by atoms with E-state index in [4.69, 9.17) is 18.9 Å². The Morgan fingerprint density at radius 1 is 0.846 bits per heavy atom. The van der Waals surface area contributed by atoms with Crippen LogP contribution in [0.5, 0.6) is 17.2 Å². The van der Waals surface area contributed by atoms with Crippen LogP contribution in [0, 0.1) is 0 Å². The van der Waals surface area contributed by atoms with Gasteiger partial charge in [-0.25, -0.2) is 4.79 Å². The standard InChI is InChI=1S/C29H35N3O7/c1-29(2,3)39-28(35)32-22-10-8-7-9-21(22)31-27(34)19-13-11-18(12-14-19)15-25(33)30-20-16-23(36-4)26(38-6)24(17-20)37-5/h7-14,16-17,25,30,33H,15H2,1-6H3,(H,31,34)(H,32,35). The molecule has 0 aliphatic heterocycles. The number of carbonyl (C=O) groups excluding carboxylic acids is 2. The van der Waals surface area contributed by atoms with E-state index in [1.807, 2.05) is 0 Å². The van der Waals surface area contributed by atoms with Crippen LogP contribution in [0.2, 0.25) is 0 Å². The van der Waals surface area contributed by atoms with Crippen molar-refractivity contribution in [3.8, 4) is 17.2 Å². The highest BCUT2D eigenvalue weighted by atomic mass is 16.6. The third-order valence-electron chi connectivity index (χ3n) is 5.45. The van der Waals surface area contributed by atoms with E-state index in [0.717, 1.165) is 5.56 Å². The molecule has 10 nitrogen and oxygen atoms in total. The van der Waals surface area contributed by atoms with Crippen LogP contribution in [0.25, 0.3) is 0 Å². The third-order valence-corrected chi connectivity index (χ3v) is 5.45. The molecule has 0 fully saturated rings. The molecule has 1 unspecified atom stereocenters. The summed E-state index contributed by atoms with van der Waals surface area (Å²) in [5.41, 5.74) is 2.01. The van der Waals surface area contributed by atoms with Crippen LogP contribution in [0.3, 0.4) is 0 Å². The highest BCUT2D eigenvalue weighted by Crippen LogP contribution is 2.40. The second-order valence-corrected chi connectivity index (χ2v) is 9.60. The number of aliphatic hydroxyl groups is 1. The predicted molar refractivity (Wildman–Crippen MR) is 150 cm³/mol. The number of benzene rings is 3. The fraction of sp³-hybridized carbons (Fsp3) is 0.310. The summed E-state index contributed by atoms with van der Waals surface area (Å²) in [6.07, 6.45) is -1.26. The van der Waals surface area contributed by atoms with E-state index in [1.54, 1.807) is 81.4 Å². The average molecular weight is 538 g/mol. The van der Waals surface area contributed by atoms with Crippen LogP contribution >= 0.6 is 0 Å². The highest BCUT2D eigenvalue weighted by molar-refractivity contribution is 6.06. The number of amides is 2. The van der Waals surface area contributed by atoms with Crippen LogP contribution in [-0.4, -0.2) is 50.3 Å². The van der Waals surface area contributed by atoms with Crippen molar-refractivity contribution < 1.29 is 33.6 Å². The van der Waals surface area contributed by atoms with Gasteiger partial charge in [-0.3, -0.25) is 10.1 Å². The number of hydrogen-bond acceptors (Lipinski definition) is 8. The molecule has 208 valence electrons. The topological polar surface area (TPSA) is 127 Å². The monoisotopic (exact) mass is 537 g/mol. The summed E-state index contributed by atoms with van der Waals surface area (Å²) in [5, 5.41) is 19.1. The van der Waals surface area contributed by atoms with Crippen LogP contribution in [0.4, 0.5) is 21.9 Å². The first-order chi connectivity index (χ1) is 18.5. The van der Waals surface area contributed by atoms with E-state index in [0.29, 0.717) is 39.9 Å². The number of ether oxygens (including phenoxy) is 4. The minimum absolute atomic E-state index is 0.279. The van der Waals surface area contributed by atoms with Gasteiger partial charge in [0.15, 0.2) is 11.5 Å². The molecular weight excluding hydrogens is 502 g/mol. The van der Waals surface area contributed by atoms with Gasteiger partial charge in [0.05, 0.1) is 32.7 Å². The Kier molecular flexibility index (Phi) is 9.62. The van der Waals surface area contributed by atoms with E-state index in [1.165, 1.54) is 21.3 Å². The normalized spacial score (nSPS) is 11.7. The van der Waals surface area contributed by atoms with Crippen molar-refractivity contribution in [2.24, 2.45) is 0 Å². The minimum atomic E-state index is -0.918. The quantitative estimate of drug-likeness (QED) is 0.257. The van der Waals surface area contributed by atoms with Gasteiger partial charge in [0.1, 0.15) is 11.8 Å². The molecule has 4 N–H and O–H groups in total. The predicted octanol–water partition coefficient (Wildman–Crippen LogP) is 5.28. The molecule has 10 heteroatoms. The lowest BCUT2D eigenvalue weighted by molar-refractivity contribution is 0.0635. The molecular formula is C29H35N3O7. The maximum absolute atomic E-state index is 12.9. The average Bonchev–Trinajstić information content (AvgIpc) is 2.88. The van der Waals surface area contributed by atoms with Gasteiger partial charge < -0.3 is 34.7 Å². The number of para-hydroxylation sites is 2. The van der Waals surface area contributed by atoms with Crippen LogP contribution < -0.4 is 30.2 Å². The second kappa shape index (κ2) is 12.9. The van der Waals surface area contributed by atoms with E-state index in [2.05, 4.69) is 16.0 Å². The molecule has 0 aromatic heterocycles. The van der Waals surface area contributed by atoms with Gasteiger partial charge in [0.2, 0.25) is 5.75 Å². The molecule has 2 amide bonds. The van der Waals surface area contributed by atoms with Crippen molar-refractivity contribution in [1.82, 2.24) is 0 Å². The van der Waals surface area contributed by atoms with Crippen molar-refractivity contribution in [2.75, 3.05) is 37.3 Å². The maximum Gasteiger partial charge on any atom is 0.412 e. The Bertz CT molecular complexity index is 1260. The van der Waals surface area contributed by atoms with Gasteiger partial charge in [-0.1, -0.05) is 24.3 Å². The Balaban J connectivity index is 1.63. The third kappa shape index (κ3) is 8.27. The summed E-state index contributed by atoms with van der Waals surface area (Å²) < 4.78 is 21.3. The van der Waals surface area contributed by atoms with Crippen LogP contribution in [0.15, 0.2) is 60.7 Å². The van der Waals surface area contributed by atoms with Crippen molar-refractivity contribution in [3.05, 3.63) is 71.8 Å². The summed E-state index contributed by atoms with van der Waals surface area (Å²) in [6, 6.07) is 17.1. The summed E-state index contributed by atoms with van der Waals surface area (Å²) in [5.74, 6) is 1.03. The largest absolute Gasteiger partial charge is 0.493 e. The van der Waals surface area contributed by atoms with E-state index < -0.39 is 17.9 Å². The number of methoxy groups -OCH3 is 3. The minimum Gasteiger partial charge on any atom is -0.493 e. The van der Waals surface area contributed by atoms with Gasteiger partial charge in [-0.15, -0.1) is 0 Å². The molecule has 0 saturated carbocycles. The van der Waals surface area contributed by atoms with Gasteiger partial charge in [-0.2, -0.15) is 0 Å². The van der Waals surface area contributed by atoms with E-state index in [9.17, 15) is 14.7 Å². The first-order valence-electron chi connectivity index (χ1n) is 12.3.